The highest BCUT2D eigenvalue weighted by Crippen LogP contribution is 2.08. The molecule has 1 heterocycles. The Morgan fingerprint density at radius 2 is 1.89 bits per heavy atom. The van der Waals surface area contributed by atoms with Gasteiger partial charge in [0.15, 0.2) is 0 Å². The van der Waals surface area contributed by atoms with Crippen LogP contribution in [-0.2, 0) is 13.8 Å². The lowest BCUT2D eigenvalue weighted by atomic mass is 10.3. The summed E-state index contributed by atoms with van der Waals surface area (Å²) in [4.78, 5) is 24.1. The smallest absolute Gasteiger partial charge is 0.334 e. The molecule has 148 valence electrons. The lowest BCUT2D eigenvalue weighted by Crippen LogP contribution is -2.42. The first-order valence-electron chi connectivity index (χ1n) is 8.67. The van der Waals surface area contributed by atoms with Crippen molar-refractivity contribution in [3.8, 4) is 5.75 Å². The predicted octanol–water partition coefficient (Wildman–Crippen LogP) is -0.753. The quantitative estimate of drug-likeness (QED) is 0.402. The van der Waals surface area contributed by atoms with Crippen molar-refractivity contribution in [2.75, 3.05) is 31.6 Å². The molecule has 1 atom stereocenters. The van der Waals surface area contributed by atoms with Crippen LogP contribution in [0.25, 0.3) is 0 Å². The predicted molar refractivity (Wildman–Crippen MR) is 102 cm³/mol. The summed E-state index contributed by atoms with van der Waals surface area (Å²) >= 11 is 0. The molecule has 0 saturated heterocycles. The molecule has 0 aliphatic rings. The van der Waals surface area contributed by atoms with Gasteiger partial charge in [0.25, 0.3) is 5.56 Å². The average Bonchev–Trinajstić information content (AvgIpc) is 2.68. The first-order valence-corrected chi connectivity index (χ1v) is 8.67. The molecular formula is C18H26N4O5. The van der Waals surface area contributed by atoms with Crippen LogP contribution in [0.15, 0.2) is 39.9 Å². The number of anilines is 1. The molecule has 0 saturated carbocycles. The fraction of sp³-hybridized carbons (Fsp3) is 0.444. The minimum atomic E-state index is -0.662. The standard InChI is InChI=1S/C18H26N4O5/c1-13-16(21(2)18(26)22(12-23)17(13)25)20-9-8-19-10-14(24)11-27-15-6-4-3-5-7-15/h3-7,14,19-20,23-24H,8-12H2,1-2H3. The summed E-state index contributed by atoms with van der Waals surface area (Å²) in [5.41, 5.74) is -0.760. The summed E-state index contributed by atoms with van der Waals surface area (Å²) < 4.78 is 7.53. The van der Waals surface area contributed by atoms with Gasteiger partial charge in [-0.3, -0.25) is 9.36 Å². The van der Waals surface area contributed by atoms with Crippen LogP contribution in [-0.4, -0.2) is 51.7 Å². The number of hydrogen-bond acceptors (Lipinski definition) is 7. The highest BCUT2D eigenvalue weighted by molar-refractivity contribution is 5.42. The van der Waals surface area contributed by atoms with Crippen molar-refractivity contribution in [3.63, 3.8) is 0 Å². The summed E-state index contributed by atoms with van der Waals surface area (Å²) in [6.07, 6.45) is -0.662. The Bertz CT molecular complexity index is 810. The fourth-order valence-corrected chi connectivity index (χ4v) is 2.60. The van der Waals surface area contributed by atoms with Crippen LogP contribution in [0.1, 0.15) is 5.56 Å². The van der Waals surface area contributed by atoms with E-state index in [0.717, 1.165) is 4.57 Å². The van der Waals surface area contributed by atoms with Crippen molar-refractivity contribution in [1.82, 2.24) is 14.5 Å². The van der Waals surface area contributed by atoms with Gasteiger partial charge in [0.05, 0.1) is 5.56 Å². The van der Waals surface area contributed by atoms with Crippen molar-refractivity contribution >= 4 is 5.82 Å². The van der Waals surface area contributed by atoms with Gasteiger partial charge in [-0.1, -0.05) is 18.2 Å². The van der Waals surface area contributed by atoms with Gasteiger partial charge < -0.3 is 25.6 Å². The molecule has 0 aliphatic heterocycles. The molecule has 1 aromatic heterocycles. The van der Waals surface area contributed by atoms with Crippen molar-refractivity contribution in [2.45, 2.75) is 19.8 Å². The Labute approximate surface area is 156 Å². The molecule has 0 bridgehead atoms. The van der Waals surface area contributed by atoms with E-state index in [1.165, 1.54) is 11.6 Å². The molecule has 9 heteroatoms. The first kappa shape index (κ1) is 20.7. The molecule has 4 N–H and O–H groups in total. The third-order valence-electron chi connectivity index (χ3n) is 4.08. The molecule has 0 amide bonds. The van der Waals surface area contributed by atoms with Gasteiger partial charge in [-0.25, -0.2) is 9.36 Å². The van der Waals surface area contributed by atoms with Gasteiger partial charge in [0.2, 0.25) is 0 Å². The van der Waals surface area contributed by atoms with E-state index in [9.17, 15) is 14.7 Å². The molecule has 2 rings (SSSR count). The molecule has 0 radical (unpaired) electrons. The summed E-state index contributed by atoms with van der Waals surface area (Å²) in [7, 11) is 1.53. The molecule has 1 aromatic carbocycles. The Balaban J connectivity index is 1.77. The fourth-order valence-electron chi connectivity index (χ4n) is 2.60. The van der Waals surface area contributed by atoms with Crippen LogP contribution in [0, 0.1) is 6.92 Å². The number of nitrogens with one attached hydrogen (secondary N) is 2. The van der Waals surface area contributed by atoms with Crippen LogP contribution in [0.2, 0.25) is 0 Å². The number of para-hydroxylation sites is 1. The second-order valence-corrected chi connectivity index (χ2v) is 6.10. The van der Waals surface area contributed by atoms with E-state index in [1.807, 2.05) is 30.3 Å². The lowest BCUT2D eigenvalue weighted by Gasteiger charge is -2.16. The van der Waals surface area contributed by atoms with Gasteiger partial charge in [-0.15, -0.1) is 0 Å². The maximum atomic E-state index is 12.0. The summed E-state index contributed by atoms with van der Waals surface area (Å²) in [6.45, 7) is 2.42. The Morgan fingerprint density at radius 1 is 1.19 bits per heavy atom. The average molecular weight is 378 g/mol. The van der Waals surface area contributed by atoms with Gasteiger partial charge >= 0.3 is 5.69 Å². The van der Waals surface area contributed by atoms with Gasteiger partial charge in [-0.2, -0.15) is 0 Å². The van der Waals surface area contributed by atoms with Crippen molar-refractivity contribution in [1.29, 1.82) is 0 Å². The number of ether oxygens (including phenoxy) is 1. The number of aromatic nitrogens is 2. The van der Waals surface area contributed by atoms with Crippen LogP contribution < -0.4 is 26.6 Å². The van der Waals surface area contributed by atoms with Gasteiger partial charge in [-0.05, 0) is 19.1 Å². The second-order valence-electron chi connectivity index (χ2n) is 6.10. The largest absolute Gasteiger partial charge is 0.491 e. The highest BCUT2D eigenvalue weighted by Gasteiger charge is 2.13. The summed E-state index contributed by atoms with van der Waals surface area (Å²) in [5, 5.41) is 25.2. The Morgan fingerprint density at radius 3 is 2.56 bits per heavy atom. The maximum Gasteiger partial charge on any atom is 0.334 e. The van der Waals surface area contributed by atoms with E-state index in [1.54, 1.807) is 6.92 Å². The van der Waals surface area contributed by atoms with E-state index < -0.39 is 24.1 Å². The normalized spacial score (nSPS) is 12.0. The van der Waals surface area contributed by atoms with E-state index in [-0.39, 0.29) is 6.61 Å². The van der Waals surface area contributed by atoms with E-state index in [2.05, 4.69) is 10.6 Å². The Hall–Kier alpha value is -2.62. The number of hydrogen-bond donors (Lipinski definition) is 4. The molecule has 0 aliphatic carbocycles. The number of nitrogens with zero attached hydrogens (tertiary/aromatic N) is 2. The second kappa shape index (κ2) is 9.91. The summed E-state index contributed by atoms with van der Waals surface area (Å²) in [6, 6.07) is 9.25. The van der Waals surface area contributed by atoms with Gasteiger partial charge in [0, 0.05) is 26.7 Å². The molecule has 27 heavy (non-hydrogen) atoms. The van der Waals surface area contributed by atoms with Crippen molar-refractivity contribution < 1.29 is 14.9 Å². The zero-order valence-corrected chi connectivity index (χ0v) is 15.5. The van der Waals surface area contributed by atoms with Crippen molar-refractivity contribution in [3.05, 3.63) is 56.7 Å². The third kappa shape index (κ3) is 5.43. The zero-order chi connectivity index (χ0) is 19.8. The monoisotopic (exact) mass is 378 g/mol. The molecular weight excluding hydrogens is 352 g/mol. The molecule has 1 unspecified atom stereocenters. The topological polar surface area (TPSA) is 118 Å². The SMILES string of the molecule is Cc1c(NCCNCC(O)COc2ccccc2)n(C)c(=O)n(CO)c1=O. The minimum Gasteiger partial charge on any atom is -0.491 e. The van der Waals surface area contributed by atoms with Crippen LogP contribution >= 0.6 is 0 Å². The molecule has 2 aromatic rings. The molecule has 9 nitrogen and oxygen atoms in total. The van der Waals surface area contributed by atoms with Crippen LogP contribution in [0.4, 0.5) is 5.82 Å². The molecule has 0 fully saturated rings. The number of rotatable bonds is 10. The van der Waals surface area contributed by atoms with Crippen LogP contribution in [0.5, 0.6) is 5.75 Å². The van der Waals surface area contributed by atoms with E-state index in [4.69, 9.17) is 9.84 Å². The highest BCUT2D eigenvalue weighted by atomic mass is 16.5. The lowest BCUT2D eigenvalue weighted by molar-refractivity contribution is 0.107. The number of aliphatic hydroxyl groups excluding tert-OH is 2. The minimum absolute atomic E-state index is 0.178. The number of benzene rings is 1. The van der Waals surface area contributed by atoms with E-state index in [0.29, 0.717) is 36.8 Å². The Kier molecular flexibility index (Phi) is 7.59. The third-order valence-corrected chi connectivity index (χ3v) is 4.08. The van der Waals surface area contributed by atoms with Crippen LogP contribution in [0.3, 0.4) is 0 Å². The van der Waals surface area contributed by atoms with Crippen molar-refractivity contribution in [2.24, 2.45) is 7.05 Å². The summed E-state index contributed by atoms with van der Waals surface area (Å²) in [5.74, 6) is 1.11. The zero-order valence-electron chi connectivity index (χ0n) is 15.5. The molecule has 0 spiro atoms. The first-order chi connectivity index (χ1) is 13.0. The maximum absolute atomic E-state index is 12.0. The number of aliphatic hydroxyl groups is 2. The van der Waals surface area contributed by atoms with Gasteiger partial charge in [0.1, 0.15) is 31.0 Å². The van der Waals surface area contributed by atoms with E-state index >= 15 is 0 Å².